The van der Waals surface area contributed by atoms with Gasteiger partial charge in [-0.3, -0.25) is 4.90 Å². The molecule has 6 heteroatoms. The van der Waals surface area contributed by atoms with E-state index in [0.717, 1.165) is 18.4 Å². The van der Waals surface area contributed by atoms with Gasteiger partial charge in [-0.2, -0.15) is 0 Å². The molecule has 2 heterocycles. The number of hydrogen-bond acceptors (Lipinski definition) is 3. The summed E-state index contributed by atoms with van der Waals surface area (Å²) in [6.45, 7) is 1.26. The third-order valence-corrected chi connectivity index (χ3v) is 4.03. The van der Waals surface area contributed by atoms with Crippen LogP contribution in [0.3, 0.4) is 0 Å². The minimum Gasteiger partial charge on any atom is -0.480 e. The van der Waals surface area contributed by atoms with E-state index in [0.29, 0.717) is 25.3 Å². The average Bonchev–Trinajstić information content (AvgIpc) is 2.88. The van der Waals surface area contributed by atoms with Crippen molar-refractivity contribution in [2.75, 3.05) is 18.1 Å². The maximum Gasteiger partial charge on any atom is 0.327 e. The van der Waals surface area contributed by atoms with Crippen LogP contribution in [0.25, 0.3) is 0 Å². The van der Waals surface area contributed by atoms with Crippen LogP contribution >= 0.6 is 0 Å². The largest absolute Gasteiger partial charge is 0.480 e. The number of carboxylic acid groups (broad SMARTS) is 1. The number of aliphatic carboxylic acids is 1. The summed E-state index contributed by atoms with van der Waals surface area (Å²) in [6, 6.07) is 6.22. The molecule has 1 aromatic rings. The Labute approximate surface area is 122 Å². The number of urea groups is 1. The fourth-order valence-electron chi connectivity index (χ4n) is 2.92. The van der Waals surface area contributed by atoms with E-state index in [1.165, 1.54) is 4.90 Å². The maximum atomic E-state index is 12.5. The third kappa shape index (κ3) is 2.71. The maximum absolute atomic E-state index is 12.5. The van der Waals surface area contributed by atoms with E-state index in [2.05, 4.69) is 5.32 Å². The minimum absolute atomic E-state index is 0.0495. The molecule has 1 atom stereocenters. The normalized spacial score (nSPS) is 21.9. The van der Waals surface area contributed by atoms with Gasteiger partial charge in [0.05, 0.1) is 0 Å². The SMILES string of the molecule is O=C(O)[C@@H]1Cc2ccccc2N1C(=O)NC1CCOCC1. The molecule has 0 bridgehead atoms. The van der Waals surface area contributed by atoms with Crippen molar-refractivity contribution in [1.82, 2.24) is 5.32 Å². The van der Waals surface area contributed by atoms with Crippen LogP contribution in [-0.4, -0.2) is 42.4 Å². The first kappa shape index (κ1) is 13.9. The smallest absolute Gasteiger partial charge is 0.327 e. The van der Waals surface area contributed by atoms with Crippen molar-refractivity contribution in [2.24, 2.45) is 0 Å². The lowest BCUT2D eigenvalue weighted by Crippen LogP contribution is -2.51. The number of benzene rings is 1. The van der Waals surface area contributed by atoms with Crippen LogP contribution in [0, 0.1) is 0 Å². The number of nitrogens with one attached hydrogen (secondary N) is 1. The Morgan fingerprint density at radius 2 is 1.95 bits per heavy atom. The monoisotopic (exact) mass is 290 g/mol. The Bertz CT molecular complexity index is 554. The predicted molar refractivity (Wildman–Crippen MR) is 76.4 cm³/mol. The quantitative estimate of drug-likeness (QED) is 0.862. The number of nitrogens with zero attached hydrogens (tertiary/aromatic N) is 1. The lowest BCUT2D eigenvalue weighted by atomic mass is 10.1. The standard InChI is InChI=1S/C15H18N2O4/c18-14(19)13-9-10-3-1-2-4-12(10)17(13)15(20)16-11-5-7-21-8-6-11/h1-4,11,13H,5-9H2,(H,16,20)(H,18,19)/t13-/m0/s1. The van der Waals surface area contributed by atoms with E-state index >= 15 is 0 Å². The third-order valence-electron chi connectivity index (χ3n) is 4.03. The molecule has 2 aliphatic heterocycles. The second-order valence-electron chi connectivity index (χ2n) is 5.39. The fraction of sp³-hybridized carbons (Fsp3) is 0.467. The van der Waals surface area contributed by atoms with Crippen molar-refractivity contribution in [3.63, 3.8) is 0 Å². The molecule has 2 amide bonds. The van der Waals surface area contributed by atoms with Gasteiger partial charge in [0.25, 0.3) is 0 Å². The highest BCUT2D eigenvalue weighted by Crippen LogP contribution is 2.32. The molecule has 0 spiro atoms. The molecule has 1 fully saturated rings. The van der Waals surface area contributed by atoms with Crippen molar-refractivity contribution < 1.29 is 19.4 Å². The topological polar surface area (TPSA) is 78.9 Å². The zero-order valence-corrected chi connectivity index (χ0v) is 11.6. The second kappa shape index (κ2) is 5.73. The number of fused-ring (bicyclic) bond motifs is 1. The van der Waals surface area contributed by atoms with E-state index < -0.39 is 12.0 Å². The lowest BCUT2D eigenvalue weighted by Gasteiger charge is -2.28. The Morgan fingerprint density at radius 3 is 2.67 bits per heavy atom. The van der Waals surface area contributed by atoms with Crippen LogP contribution in [0.15, 0.2) is 24.3 Å². The van der Waals surface area contributed by atoms with Crippen molar-refractivity contribution in [2.45, 2.75) is 31.3 Å². The van der Waals surface area contributed by atoms with Gasteiger partial charge in [-0.25, -0.2) is 9.59 Å². The summed E-state index contributed by atoms with van der Waals surface area (Å²) >= 11 is 0. The molecule has 1 saturated heterocycles. The average molecular weight is 290 g/mol. The summed E-state index contributed by atoms with van der Waals surface area (Å²) in [7, 11) is 0. The molecule has 1 aromatic carbocycles. The molecule has 0 radical (unpaired) electrons. The molecular weight excluding hydrogens is 272 g/mol. The van der Waals surface area contributed by atoms with Crippen LogP contribution in [0.5, 0.6) is 0 Å². The van der Waals surface area contributed by atoms with Gasteiger partial charge in [0.15, 0.2) is 0 Å². The van der Waals surface area contributed by atoms with Gasteiger partial charge in [0.2, 0.25) is 0 Å². The van der Waals surface area contributed by atoms with Crippen LogP contribution in [0.1, 0.15) is 18.4 Å². The second-order valence-corrected chi connectivity index (χ2v) is 5.39. The molecule has 0 aromatic heterocycles. The summed E-state index contributed by atoms with van der Waals surface area (Å²) in [5.41, 5.74) is 1.58. The number of anilines is 1. The Morgan fingerprint density at radius 1 is 1.24 bits per heavy atom. The van der Waals surface area contributed by atoms with Crippen LogP contribution in [-0.2, 0) is 16.0 Å². The Hall–Kier alpha value is -2.08. The number of hydrogen-bond donors (Lipinski definition) is 2. The molecule has 21 heavy (non-hydrogen) atoms. The lowest BCUT2D eigenvalue weighted by molar-refractivity contribution is -0.138. The highest BCUT2D eigenvalue weighted by atomic mass is 16.5. The number of carbonyl (C=O) groups excluding carboxylic acids is 1. The van der Waals surface area contributed by atoms with Gasteiger partial charge in [0, 0.05) is 31.4 Å². The van der Waals surface area contributed by atoms with Gasteiger partial charge in [-0.05, 0) is 24.5 Å². The number of amides is 2. The molecule has 0 aliphatic carbocycles. The molecule has 6 nitrogen and oxygen atoms in total. The Kier molecular flexibility index (Phi) is 3.79. The van der Waals surface area contributed by atoms with Gasteiger partial charge in [-0.1, -0.05) is 18.2 Å². The summed E-state index contributed by atoms with van der Waals surface area (Å²) in [4.78, 5) is 25.3. The zero-order chi connectivity index (χ0) is 14.8. The van der Waals surface area contributed by atoms with Crippen molar-refractivity contribution >= 4 is 17.7 Å². The minimum atomic E-state index is -0.978. The van der Waals surface area contributed by atoms with Crippen molar-refractivity contribution in [1.29, 1.82) is 0 Å². The van der Waals surface area contributed by atoms with Crippen LogP contribution in [0.2, 0.25) is 0 Å². The molecule has 112 valence electrons. The first-order valence-corrected chi connectivity index (χ1v) is 7.15. The molecule has 0 saturated carbocycles. The predicted octanol–water partition coefficient (Wildman–Crippen LogP) is 1.39. The first-order chi connectivity index (χ1) is 10.2. The molecule has 0 unspecified atom stereocenters. The highest BCUT2D eigenvalue weighted by Gasteiger charge is 2.38. The van der Waals surface area contributed by atoms with Gasteiger partial charge < -0.3 is 15.2 Å². The van der Waals surface area contributed by atoms with Gasteiger partial charge >= 0.3 is 12.0 Å². The zero-order valence-electron chi connectivity index (χ0n) is 11.6. The number of carboxylic acids is 1. The summed E-state index contributed by atoms with van der Waals surface area (Å²) in [5, 5.41) is 12.3. The number of carbonyl (C=O) groups is 2. The molecule has 2 N–H and O–H groups in total. The molecule has 3 rings (SSSR count). The number of rotatable bonds is 2. The van der Waals surface area contributed by atoms with Crippen molar-refractivity contribution in [3.8, 4) is 0 Å². The first-order valence-electron chi connectivity index (χ1n) is 7.15. The van der Waals surface area contributed by atoms with E-state index in [-0.39, 0.29) is 12.1 Å². The van der Waals surface area contributed by atoms with Gasteiger partial charge in [-0.15, -0.1) is 0 Å². The van der Waals surface area contributed by atoms with Crippen LogP contribution < -0.4 is 10.2 Å². The summed E-state index contributed by atoms with van der Waals surface area (Å²) in [5.74, 6) is -0.978. The van der Waals surface area contributed by atoms with E-state index in [9.17, 15) is 14.7 Å². The van der Waals surface area contributed by atoms with E-state index in [1.807, 2.05) is 18.2 Å². The summed E-state index contributed by atoms with van der Waals surface area (Å²) < 4.78 is 5.26. The van der Waals surface area contributed by atoms with Gasteiger partial charge in [0.1, 0.15) is 6.04 Å². The fourth-order valence-corrected chi connectivity index (χ4v) is 2.92. The molecule has 2 aliphatic rings. The number of ether oxygens (including phenoxy) is 1. The highest BCUT2D eigenvalue weighted by molar-refractivity contribution is 6.01. The number of para-hydroxylation sites is 1. The van der Waals surface area contributed by atoms with Crippen molar-refractivity contribution in [3.05, 3.63) is 29.8 Å². The van der Waals surface area contributed by atoms with E-state index in [4.69, 9.17) is 4.74 Å². The van der Waals surface area contributed by atoms with E-state index in [1.54, 1.807) is 6.07 Å². The Balaban J connectivity index is 1.80. The summed E-state index contributed by atoms with van der Waals surface area (Å²) in [6.07, 6.45) is 1.88. The van der Waals surface area contributed by atoms with Crippen LogP contribution in [0.4, 0.5) is 10.5 Å². The molecular formula is C15H18N2O4.